The molecule has 3 heterocycles. The fourth-order valence-corrected chi connectivity index (χ4v) is 6.31. The Labute approximate surface area is 196 Å². The van der Waals surface area contributed by atoms with E-state index in [0.29, 0.717) is 12.5 Å². The first-order chi connectivity index (χ1) is 15.6. The standard InChI is InChI=1S/C26H26N2O2S2/c1-17(2)21-15-20-22(16-30-21)32-24-23(20)25(29)28(19-11-7-4-8-12-19)26(27-24)31-14-13-18-9-5-3-6-10-18/h3-12,17,21H,13-16H2,1-2H3/t21-/m1/s1. The Balaban J connectivity index is 1.58. The number of aromatic nitrogens is 2. The minimum Gasteiger partial charge on any atom is -0.372 e. The van der Waals surface area contributed by atoms with Crippen LogP contribution < -0.4 is 5.56 Å². The molecule has 32 heavy (non-hydrogen) atoms. The Hall–Kier alpha value is -2.41. The normalized spacial score (nSPS) is 15.9. The van der Waals surface area contributed by atoms with Crippen LogP contribution in [0.3, 0.4) is 0 Å². The predicted molar refractivity (Wildman–Crippen MR) is 133 cm³/mol. The van der Waals surface area contributed by atoms with Gasteiger partial charge < -0.3 is 4.74 Å². The van der Waals surface area contributed by atoms with Gasteiger partial charge in [-0.3, -0.25) is 9.36 Å². The second-order valence-corrected chi connectivity index (χ2v) is 10.6. The molecule has 1 atom stereocenters. The van der Waals surface area contributed by atoms with Gasteiger partial charge in [0, 0.05) is 17.1 Å². The van der Waals surface area contributed by atoms with E-state index in [2.05, 4.69) is 38.1 Å². The fraction of sp³-hybridized carbons (Fsp3) is 0.308. The molecule has 0 aliphatic carbocycles. The molecule has 0 spiro atoms. The minimum absolute atomic E-state index is 0.0327. The topological polar surface area (TPSA) is 44.1 Å². The van der Waals surface area contributed by atoms with E-state index in [1.54, 1.807) is 27.7 Å². The van der Waals surface area contributed by atoms with Crippen molar-refractivity contribution in [1.29, 1.82) is 0 Å². The molecule has 0 fully saturated rings. The largest absolute Gasteiger partial charge is 0.372 e. The van der Waals surface area contributed by atoms with Crippen molar-refractivity contribution < 1.29 is 4.74 Å². The van der Waals surface area contributed by atoms with Gasteiger partial charge in [0.25, 0.3) is 5.56 Å². The van der Waals surface area contributed by atoms with Crippen molar-refractivity contribution >= 4 is 33.3 Å². The zero-order chi connectivity index (χ0) is 22.1. The van der Waals surface area contributed by atoms with Gasteiger partial charge in [-0.1, -0.05) is 74.1 Å². The van der Waals surface area contributed by atoms with Crippen LogP contribution in [0.1, 0.15) is 29.9 Å². The van der Waals surface area contributed by atoms with Crippen LogP contribution in [0.2, 0.25) is 0 Å². The van der Waals surface area contributed by atoms with Gasteiger partial charge in [-0.15, -0.1) is 11.3 Å². The van der Waals surface area contributed by atoms with Crippen LogP contribution in [-0.4, -0.2) is 21.4 Å². The smallest absolute Gasteiger partial charge is 0.267 e. The average Bonchev–Trinajstić information content (AvgIpc) is 3.18. The van der Waals surface area contributed by atoms with E-state index in [9.17, 15) is 4.79 Å². The highest BCUT2D eigenvalue weighted by atomic mass is 32.2. The number of rotatable bonds is 6. The molecular formula is C26H26N2O2S2. The Morgan fingerprint density at radius 3 is 2.56 bits per heavy atom. The number of ether oxygens (including phenoxy) is 1. The molecule has 1 aliphatic rings. The van der Waals surface area contributed by atoms with Gasteiger partial charge in [0.2, 0.25) is 0 Å². The molecular weight excluding hydrogens is 436 g/mol. The molecule has 6 heteroatoms. The van der Waals surface area contributed by atoms with Gasteiger partial charge in [0.1, 0.15) is 4.83 Å². The van der Waals surface area contributed by atoms with Gasteiger partial charge in [-0.05, 0) is 35.6 Å². The van der Waals surface area contributed by atoms with Crippen LogP contribution in [-0.2, 0) is 24.2 Å². The molecule has 0 bridgehead atoms. The van der Waals surface area contributed by atoms with Crippen molar-refractivity contribution in [2.75, 3.05) is 5.75 Å². The molecule has 164 valence electrons. The maximum absolute atomic E-state index is 13.9. The lowest BCUT2D eigenvalue weighted by Crippen LogP contribution is -2.28. The van der Waals surface area contributed by atoms with Crippen LogP contribution in [0.5, 0.6) is 0 Å². The van der Waals surface area contributed by atoms with E-state index in [4.69, 9.17) is 9.72 Å². The van der Waals surface area contributed by atoms with Crippen LogP contribution in [0.4, 0.5) is 0 Å². The summed E-state index contributed by atoms with van der Waals surface area (Å²) in [6.07, 6.45) is 1.85. The van der Waals surface area contributed by atoms with Crippen LogP contribution in [0, 0.1) is 5.92 Å². The zero-order valence-corrected chi connectivity index (χ0v) is 19.9. The van der Waals surface area contributed by atoms with Gasteiger partial charge in [0.15, 0.2) is 5.16 Å². The van der Waals surface area contributed by atoms with Crippen LogP contribution in [0.15, 0.2) is 70.6 Å². The third-order valence-electron chi connectivity index (χ3n) is 5.93. The molecule has 0 saturated heterocycles. The molecule has 1 aliphatic heterocycles. The number of thiophene rings is 1. The Morgan fingerprint density at radius 1 is 1.12 bits per heavy atom. The van der Waals surface area contributed by atoms with Gasteiger partial charge >= 0.3 is 0 Å². The van der Waals surface area contributed by atoms with E-state index in [0.717, 1.165) is 50.1 Å². The first-order valence-electron chi connectivity index (χ1n) is 11.0. The van der Waals surface area contributed by atoms with Gasteiger partial charge in [-0.2, -0.15) is 0 Å². The van der Waals surface area contributed by atoms with E-state index < -0.39 is 0 Å². The molecule has 4 nitrogen and oxygen atoms in total. The summed E-state index contributed by atoms with van der Waals surface area (Å²) in [5.74, 6) is 1.27. The number of para-hydroxylation sites is 1. The van der Waals surface area contributed by atoms with Crippen molar-refractivity contribution in [3.8, 4) is 5.69 Å². The minimum atomic E-state index is 0.0327. The average molecular weight is 463 g/mol. The van der Waals surface area contributed by atoms with Crippen molar-refractivity contribution in [3.63, 3.8) is 0 Å². The molecule has 0 N–H and O–H groups in total. The van der Waals surface area contributed by atoms with Gasteiger partial charge in [-0.25, -0.2) is 4.98 Å². The molecule has 0 amide bonds. The fourth-order valence-electron chi connectivity index (χ4n) is 4.14. The maximum atomic E-state index is 13.9. The highest BCUT2D eigenvalue weighted by Gasteiger charge is 2.28. The van der Waals surface area contributed by atoms with Crippen molar-refractivity contribution in [1.82, 2.24) is 9.55 Å². The highest BCUT2D eigenvalue weighted by molar-refractivity contribution is 7.99. The SMILES string of the molecule is CC(C)[C@H]1Cc2c(sc3nc(SCCc4ccccc4)n(-c4ccccc4)c(=O)c23)CO1. The second kappa shape index (κ2) is 9.22. The summed E-state index contributed by atoms with van der Waals surface area (Å²) in [6, 6.07) is 20.3. The second-order valence-electron chi connectivity index (χ2n) is 8.44. The first-order valence-corrected chi connectivity index (χ1v) is 12.8. The molecule has 2 aromatic heterocycles. The Kier molecular flexibility index (Phi) is 6.17. The molecule has 5 rings (SSSR count). The number of aryl methyl sites for hydroxylation is 1. The van der Waals surface area contributed by atoms with Crippen molar-refractivity contribution in [3.05, 3.63) is 87.0 Å². The van der Waals surface area contributed by atoms with E-state index in [1.165, 1.54) is 5.56 Å². The number of nitrogens with zero attached hydrogens (tertiary/aromatic N) is 2. The molecule has 0 radical (unpaired) electrons. The lowest BCUT2D eigenvalue weighted by Gasteiger charge is -2.26. The molecule has 0 saturated carbocycles. The van der Waals surface area contributed by atoms with Crippen LogP contribution >= 0.6 is 23.1 Å². The summed E-state index contributed by atoms with van der Waals surface area (Å²) < 4.78 is 7.86. The van der Waals surface area contributed by atoms with Gasteiger partial charge in [0.05, 0.1) is 23.8 Å². The third-order valence-corrected chi connectivity index (χ3v) is 7.97. The summed E-state index contributed by atoms with van der Waals surface area (Å²) in [4.78, 5) is 20.9. The van der Waals surface area contributed by atoms with Crippen LogP contribution in [0.25, 0.3) is 15.9 Å². The van der Waals surface area contributed by atoms with E-state index >= 15 is 0 Å². The number of hydrogen-bond donors (Lipinski definition) is 0. The molecule has 0 unspecified atom stereocenters. The highest BCUT2D eigenvalue weighted by Crippen LogP contribution is 2.36. The van der Waals surface area contributed by atoms with E-state index in [-0.39, 0.29) is 11.7 Å². The van der Waals surface area contributed by atoms with Crippen molar-refractivity contribution in [2.45, 2.75) is 44.6 Å². The lowest BCUT2D eigenvalue weighted by molar-refractivity contribution is 0.00200. The molecule has 4 aromatic rings. The lowest BCUT2D eigenvalue weighted by atomic mass is 9.96. The summed E-state index contributed by atoms with van der Waals surface area (Å²) in [5, 5.41) is 1.53. The third kappa shape index (κ3) is 4.15. The maximum Gasteiger partial charge on any atom is 0.267 e. The van der Waals surface area contributed by atoms with Crippen molar-refractivity contribution in [2.24, 2.45) is 5.92 Å². The summed E-state index contributed by atoms with van der Waals surface area (Å²) in [6.45, 7) is 4.92. The summed E-state index contributed by atoms with van der Waals surface area (Å²) in [5.41, 5.74) is 3.32. The molecule has 2 aromatic carbocycles. The quantitative estimate of drug-likeness (QED) is 0.265. The number of thioether (sulfide) groups is 1. The summed E-state index contributed by atoms with van der Waals surface area (Å²) >= 11 is 3.26. The summed E-state index contributed by atoms with van der Waals surface area (Å²) in [7, 11) is 0. The van der Waals surface area contributed by atoms with E-state index in [1.807, 2.05) is 36.4 Å². The monoisotopic (exact) mass is 462 g/mol. The first kappa shape index (κ1) is 21.4. The number of benzene rings is 2. The number of fused-ring (bicyclic) bond motifs is 3. The zero-order valence-electron chi connectivity index (χ0n) is 18.3. The predicted octanol–water partition coefficient (Wildman–Crippen LogP) is 5.88. The number of hydrogen-bond acceptors (Lipinski definition) is 5. The Bertz CT molecular complexity index is 1280. The Morgan fingerprint density at radius 2 is 1.84 bits per heavy atom.